The van der Waals surface area contributed by atoms with Gasteiger partial charge in [0.2, 0.25) is 5.91 Å². The van der Waals surface area contributed by atoms with Crippen LogP contribution in [0.15, 0.2) is 18.2 Å². The maximum atomic E-state index is 12.3. The molecule has 0 radical (unpaired) electrons. The highest BCUT2D eigenvalue weighted by Crippen LogP contribution is 2.44. The third-order valence-corrected chi connectivity index (χ3v) is 5.87. The van der Waals surface area contributed by atoms with Crippen molar-refractivity contribution in [3.05, 3.63) is 29.3 Å². The smallest absolute Gasteiger partial charge is 0.243 e. The Bertz CT molecular complexity index is 645. The van der Waals surface area contributed by atoms with Gasteiger partial charge >= 0.3 is 0 Å². The van der Waals surface area contributed by atoms with E-state index in [9.17, 15) is 4.79 Å². The monoisotopic (exact) mass is 345 g/mol. The molecule has 0 aromatic heterocycles. The number of hydrogen-bond acceptors (Lipinski definition) is 2. The molecule has 2 aliphatic rings. The number of amides is 1. The molecule has 2 saturated carbocycles. The number of benzene rings is 1. The summed E-state index contributed by atoms with van der Waals surface area (Å²) in [6.45, 7) is 4.29. The zero-order valence-electron chi connectivity index (χ0n) is 14.8. The summed E-state index contributed by atoms with van der Waals surface area (Å²) < 4.78 is 0. The lowest BCUT2D eigenvalue weighted by atomic mass is 9.95. The van der Waals surface area contributed by atoms with E-state index in [1.54, 1.807) is 0 Å². The van der Waals surface area contributed by atoms with Crippen LogP contribution in [0.25, 0.3) is 0 Å². The molecule has 0 heterocycles. The third kappa shape index (κ3) is 3.89. The number of rotatable bonds is 4. The quantitative estimate of drug-likeness (QED) is 0.823. The Morgan fingerprint density at radius 1 is 1.29 bits per heavy atom. The number of nitrogens with zero attached hydrogens (tertiary/aromatic N) is 1. The first kappa shape index (κ1) is 17.2. The molecule has 24 heavy (non-hydrogen) atoms. The van der Waals surface area contributed by atoms with Gasteiger partial charge in [0.15, 0.2) is 5.11 Å². The molecule has 1 aromatic rings. The number of carbonyl (C=O) groups excluding carboxylic acids is 1. The van der Waals surface area contributed by atoms with Gasteiger partial charge in [-0.15, -0.1) is 0 Å². The lowest BCUT2D eigenvalue weighted by molar-refractivity contribution is -0.116. The molecule has 2 bridgehead atoms. The maximum Gasteiger partial charge on any atom is 0.243 e. The standard InChI is InChI=1S/C19H27N3OS/c1-12-4-5-13(2)16(8-12)20-18(23)11-22(3)19(24)21-17-10-14-6-7-15(17)9-14/h4-5,8,14-15,17H,6-7,9-11H2,1-3H3,(H,20,23)(H,21,24)/t14-,15+,17-/m0/s1. The fourth-order valence-corrected chi connectivity index (χ4v) is 4.25. The van der Waals surface area contributed by atoms with Gasteiger partial charge in [0.1, 0.15) is 0 Å². The Balaban J connectivity index is 1.50. The van der Waals surface area contributed by atoms with Crippen LogP contribution in [-0.4, -0.2) is 35.6 Å². The number of aryl methyl sites for hydroxylation is 2. The van der Waals surface area contributed by atoms with Crippen LogP contribution in [0.2, 0.25) is 0 Å². The minimum Gasteiger partial charge on any atom is -0.360 e. The molecule has 2 fully saturated rings. The minimum absolute atomic E-state index is 0.0386. The number of anilines is 1. The molecule has 2 N–H and O–H groups in total. The molecule has 0 saturated heterocycles. The van der Waals surface area contributed by atoms with E-state index in [1.165, 1.54) is 25.7 Å². The van der Waals surface area contributed by atoms with Gasteiger partial charge in [0.05, 0.1) is 6.54 Å². The number of nitrogens with one attached hydrogen (secondary N) is 2. The Morgan fingerprint density at radius 3 is 2.75 bits per heavy atom. The first-order valence-electron chi connectivity index (χ1n) is 8.81. The maximum absolute atomic E-state index is 12.3. The van der Waals surface area contributed by atoms with Crippen LogP contribution < -0.4 is 10.6 Å². The number of thiocarbonyl (C=S) groups is 1. The molecule has 3 atom stereocenters. The van der Waals surface area contributed by atoms with E-state index in [1.807, 2.05) is 44.0 Å². The first-order valence-corrected chi connectivity index (χ1v) is 9.22. The number of likely N-dealkylation sites (N-methyl/N-ethyl adjacent to an activating group) is 1. The average molecular weight is 346 g/mol. The van der Waals surface area contributed by atoms with Gasteiger partial charge in [-0.1, -0.05) is 18.6 Å². The van der Waals surface area contributed by atoms with Gasteiger partial charge in [-0.25, -0.2) is 0 Å². The van der Waals surface area contributed by atoms with Crippen molar-refractivity contribution >= 4 is 28.9 Å². The predicted molar refractivity (Wildman–Crippen MR) is 102 cm³/mol. The molecule has 0 aliphatic heterocycles. The molecule has 2 aliphatic carbocycles. The predicted octanol–water partition coefficient (Wildman–Crippen LogP) is 3.24. The van der Waals surface area contributed by atoms with Crippen LogP contribution in [-0.2, 0) is 4.79 Å². The van der Waals surface area contributed by atoms with Crippen molar-refractivity contribution < 1.29 is 4.79 Å². The van der Waals surface area contributed by atoms with Gasteiger partial charge in [0, 0.05) is 18.8 Å². The van der Waals surface area contributed by atoms with E-state index in [-0.39, 0.29) is 12.5 Å². The zero-order chi connectivity index (χ0) is 17.3. The van der Waals surface area contributed by atoms with E-state index in [0.29, 0.717) is 11.2 Å². The molecule has 3 rings (SSSR count). The van der Waals surface area contributed by atoms with Crippen molar-refractivity contribution in [1.29, 1.82) is 0 Å². The van der Waals surface area contributed by atoms with Gasteiger partial charge in [-0.2, -0.15) is 0 Å². The minimum atomic E-state index is -0.0386. The summed E-state index contributed by atoms with van der Waals surface area (Å²) in [5, 5.41) is 7.15. The van der Waals surface area contributed by atoms with E-state index < -0.39 is 0 Å². The average Bonchev–Trinajstić information content (AvgIpc) is 3.13. The van der Waals surface area contributed by atoms with E-state index >= 15 is 0 Å². The number of fused-ring (bicyclic) bond motifs is 2. The van der Waals surface area contributed by atoms with E-state index in [0.717, 1.165) is 28.7 Å². The summed E-state index contributed by atoms with van der Waals surface area (Å²) in [4.78, 5) is 14.2. The molecule has 1 amide bonds. The lowest BCUT2D eigenvalue weighted by Gasteiger charge is -2.28. The van der Waals surface area contributed by atoms with Crippen LogP contribution in [0.4, 0.5) is 5.69 Å². The molecular formula is C19H27N3OS. The fraction of sp³-hybridized carbons (Fsp3) is 0.579. The van der Waals surface area contributed by atoms with Crippen LogP contribution in [0.1, 0.15) is 36.8 Å². The molecule has 1 aromatic carbocycles. The van der Waals surface area contributed by atoms with Crippen molar-refractivity contribution in [2.75, 3.05) is 18.9 Å². The topological polar surface area (TPSA) is 44.4 Å². The van der Waals surface area contributed by atoms with Gasteiger partial charge in [-0.3, -0.25) is 4.79 Å². The normalized spacial score (nSPS) is 24.7. The summed E-state index contributed by atoms with van der Waals surface area (Å²) in [5.41, 5.74) is 3.08. The Kier molecular flexibility index (Phi) is 5.09. The van der Waals surface area contributed by atoms with Crippen molar-refractivity contribution in [3.8, 4) is 0 Å². The number of carbonyl (C=O) groups is 1. The summed E-state index contributed by atoms with van der Waals surface area (Å²) in [6, 6.07) is 6.57. The Hall–Kier alpha value is -1.62. The van der Waals surface area contributed by atoms with E-state index in [4.69, 9.17) is 12.2 Å². The van der Waals surface area contributed by atoms with Crippen LogP contribution in [0.5, 0.6) is 0 Å². The highest BCUT2D eigenvalue weighted by molar-refractivity contribution is 7.80. The van der Waals surface area contributed by atoms with Crippen molar-refractivity contribution in [3.63, 3.8) is 0 Å². The largest absolute Gasteiger partial charge is 0.360 e. The molecule has 5 heteroatoms. The van der Waals surface area contributed by atoms with E-state index in [2.05, 4.69) is 10.6 Å². The number of hydrogen-bond donors (Lipinski definition) is 2. The second-order valence-corrected chi connectivity index (χ2v) is 7.84. The Labute approximate surface area is 150 Å². The third-order valence-electron chi connectivity index (χ3n) is 5.44. The molecule has 4 nitrogen and oxygen atoms in total. The fourth-order valence-electron chi connectivity index (χ4n) is 4.04. The van der Waals surface area contributed by atoms with Crippen molar-refractivity contribution in [2.24, 2.45) is 11.8 Å². The molecule has 0 unspecified atom stereocenters. The second kappa shape index (κ2) is 7.09. The Morgan fingerprint density at radius 2 is 2.08 bits per heavy atom. The summed E-state index contributed by atoms with van der Waals surface area (Å²) in [6.07, 6.45) is 5.27. The second-order valence-electron chi connectivity index (χ2n) is 7.45. The van der Waals surface area contributed by atoms with Gasteiger partial charge < -0.3 is 15.5 Å². The molecular weight excluding hydrogens is 318 g/mol. The van der Waals surface area contributed by atoms with Gasteiger partial charge in [0.25, 0.3) is 0 Å². The molecule has 130 valence electrons. The highest BCUT2D eigenvalue weighted by Gasteiger charge is 2.39. The molecule has 0 spiro atoms. The summed E-state index contributed by atoms with van der Waals surface area (Å²) in [7, 11) is 1.88. The van der Waals surface area contributed by atoms with Crippen LogP contribution in [0, 0.1) is 25.7 Å². The van der Waals surface area contributed by atoms with Crippen LogP contribution in [0.3, 0.4) is 0 Å². The lowest BCUT2D eigenvalue weighted by Crippen LogP contribution is -2.47. The van der Waals surface area contributed by atoms with Gasteiger partial charge in [-0.05, 0) is 74.4 Å². The van der Waals surface area contributed by atoms with Crippen molar-refractivity contribution in [1.82, 2.24) is 10.2 Å². The van der Waals surface area contributed by atoms with Crippen molar-refractivity contribution in [2.45, 2.75) is 45.6 Å². The highest BCUT2D eigenvalue weighted by atomic mass is 32.1. The SMILES string of the molecule is Cc1ccc(C)c(NC(=O)CN(C)C(=S)N[C@H]2C[C@H]3CC[C@@H]2C3)c1. The first-order chi connectivity index (χ1) is 11.4. The van der Waals surface area contributed by atoms with Crippen LogP contribution >= 0.6 is 12.2 Å². The summed E-state index contributed by atoms with van der Waals surface area (Å²) in [5.74, 6) is 1.61. The summed E-state index contributed by atoms with van der Waals surface area (Å²) >= 11 is 5.49. The zero-order valence-corrected chi connectivity index (χ0v) is 15.6.